The van der Waals surface area contributed by atoms with E-state index >= 15 is 0 Å². The molecule has 0 unspecified atom stereocenters. The number of nitrogens with one attached hydrogen (secondary N) is 1. The Morgan fingerprint density at radius 2 is 1.77 bits per heavy atom. The number of aliphatic hydroxyl groups excluding tert-OH is 1. The normalized spacial score (nSPS) is 21.2. The number of hydrogen-bond acceptors (Lipinski definition) is 7. The Hall–Kier alpha value is -2.72. The zero-order chi connectivity index (χ0) is 21.7. The lowest BCUT2D eigenvalue weighted by molar-refractivity contribution is -0.139. The SMILES string of the molecule is CC(=O)Nc1ccc(O[C@@H]2C=C[C@H](O)[C@@H](COS(=O)(=O)c3ccc(C)cc3)O2)cc1. The summed E-state index contributed by atoms with van der Waals surface area (Å²) in [7, 11) is -3.98. The highest BCUT2D eigenvalue weighted by Crippen LogP contribution is 2.22. The van der Waals surface area contributed by atoms with Gasteiger partial charge in [-0.1, -0.05) is 23.8 Å². The van der Waals surface area contributed by atoms with Crippen LogP contribution >= 0.6 is 0 Å². The predicted octanol–water partition coefficient (Wildman–Crippen LogP) is 2.38. The fourth-order valence-electron chi connectivity index (χ4n) is 2.72. The summed E-state index contributed by atoms with van der Waals surface area (Å²) in [6.07, 6.45) is 0.179. The Bertz CT molecular complexity index is 1000. The third kappa shape index (κ3) is 5.90. The molecule has 0 saturated carbocycles. The molecule has 0 aromatic heterocycles. The summed E-state index contributed by atoms with van der Waals surface area (Å²) >= 11 is 0. The van der Waals surface area contributed by atoms with Gasteiger partial charge in [0.25, 0.3) is 10.1 Å². The third-order valence-corrected chi connectivity index (χ3v) is 5.58. The summed E-state index contributed by atoms with van der Waals surface area (Å²) in [6.45, 7) is 2.89. The second-order valence-corrected chi connectivity index (χ2v) is 8.41. The van der Waals surface area contributed by atoms with Crippen molar-refractivity contribution in [3.63, 3.8) is 0 Å². The predicted molar refractivity (Wildman–Crippen MR) is 109 cm³/mol. The Morgan fingerprint density at radius 3 is 2.40 bits per heavy atom. The lowest BCUT2D eigenvalue weighted by Crippen LogP contribution is -2.41. The van der Waals surface area contributed by atoms with Crippen LogP contribution in [0.15, 0.2) is 65.6 Å². The summed E-state index contributed by atoms with van der Waals surface area (Å²) in [5.74, 6) is 0.293. The number of anilines is 1. The van der Waals surface area contributed by atoms with Crippen molar-refractivity contribution in [2.75, 3.05) is 11.9 Å². The van der Waals surface area contributed by atoms with Gasteiger partial charge in [-0.05, 0) is 49.4 Å². The van der Waals surface area contributed by atoms with E-state index in [4.69, 9.17) is 13.7 Å². The minimum Gasteiger partial charge on any atom is -0.461 e. The molecule has 2 aromatic rings. The number of carbonyl (C=O) groups is 1. The van der Waals surface area contributed by atoms with Gasteiger partial charge in [0.05, 0.1) is 11.5 Å². The van der Waals surface area contributed by atoms with Crippen molar-refractivity contribution >= 4 is 21.7 Å². The largest absolute Gasteiger partial charge is 0.461 e. The molecule has 1 heterocycles. The van der Waals surface area contributed by atoms with Gasteiger partial charge >= 0.3 is 0 Å². The van der Waals surface area contributed by atoms with Gasteiger partial charge in [-0.15, -0.1) is 0 Å². The van der Waals surface area contributed by atoms with Crippen LogP contribution in [0.5, 0.6) is 5.75 Å². The Kier molecular flexibility index (Phi) is 6.88. The number of ether oxygens (including phenoxy) is 2. The molecular formula is C21H23NO7S. The summed E-state index contributed by atoms with van der Waals surface area (Å²) in [5, 5.41) is 12.7. The highest BCUT2D eigenvalue weighted by Gasteiger charge is 2.29. The van der Waals surface area contributed by atoms with Crippen molar-refractivity contribution in [2.45, 2.75) is 37.2 Å². The Morgan fingerprint density at radius 1 is 1.10 bits per heavy atom. The lowest BCUT2D eigenvalue weighted by Gasteiger charge is -2.29. The molecule has 0 bridgehead atoms. The highest BCUT2D eigenvalue weighted by atomic mass is 32.2. The Balaban J connectivity index is 1.59. The van der Waals surface area contributed by atoms with Crippen LogP contribution in [0, 0.1) is 6.92 Å². The molecule has 1 amide bonds. The van der Waals surface area contributed by atoms with Crippen molar-refractivity contribution < 1.29 is 32.0 Å². The van der Waals surface area contributed by atoms with E-state index < -0.39 is 28.6 Å². The molecule has 1 aliphatic rings. The van der Waals surface area contributed by atoms with E-state index in [1.165, 1.54) is 31.2 Å². The maximum atomic E-state index is 12.3. The van der Waals surface area contributed by atoms with Crippen molar-refractivity contribution in [1.82, 2.24) is 0 Å². The van der Waals surface area contributed by atoms with Gasteiger partial charge in [0.2, 0.25) is 12.2 Å². The average molecular weight is 433 g/mol. The molecular weight excluding hydrogens is 410 g/mol. The van der Waals surface area contributed by atoms with Gasteiger partial charge in [-0.25, -0.2) is 0 Å². The molecule has 2 aromatic carbocycles. The van der Waals surface area contributed by atoms with Gasteiger partial charge in [0, 0.05) is 12.6 Å². The topological polar surface area (TPSA) is 111 Å². The van der Waals surface area contributed by atoms with Gasteiger partial charge in [-0.3, -0.25) is 8.98 Å². The van der Waals surface area contributed by atoms with E-state index in [1.807, 2.05) is 6.92 Å². The maximum absolute atomic E-state index is 12.3. The van der Waals surface area contributed by atoms with E-state index in [-0.39, 0.29) is 17.4 Å². The second-order valence-electron chi connectivity index (χ2n) is 6.79. The van der Waals surface area contributed by atoms with E-state index in [1.54, 1.807) is 36.4 Å². The third-order valence-electron chi connectivity index (χ3n) is 4.28. The summed E-state index contributed by atoms with van der Waals surface area (Å²) in [6, 6.07) is 12.9. The van der Waals surface area contributed by atoms with E-state index in [0.29, 0.717) is 11.4 Å². The first-order chi connectivity index (χ1) is 14.2. The van der Waals surface area contributed by atoms with Gasteiger partial charge in [0.15, 0.2) is 0 Å². The number of aryl methyl sites for hydroxylation is 1. The number of hydrogen-bond donors (Lipinski definition) is 2. The minimum absolute atomic E-state index is 0.0287. The Labute approximate surface area is 175 Å². The molecule has 30 heavy (non-hydrogen) atoms. The minimum atomic E-state index is -3.98. The zero-order valence-corrected chi connectivity index (χ0v) is 17.3. The van der Waals surface area contributed by atoms with Crippen LogP contribution in [0.4, 0.5) is 5.69 Å². The van der Waals surface area contributed by atoms with Crippen molar-refractivity contribution in [3.8, 4) is 5.75 Å². The quantitative estimate of drug-likeness (QED) is 0.509. The van der Waals surface area contributed by atoms with Crippen LogP contribution in [-0.4, -0.2) is 44.5 Å². The number of amides is 1. The van der Waals surface area contributed by atoms with Crippen molar-refractivity contribution in [1.29, 1.82) is 0 Å². The summed E-state index contributed by atoms with van der Waals surface area (Å²) in [5.41, 5.74) is 1.55. The molecule has 3 rings (SSSR count). The van der Waals surface area contributed by atoms with Gasteiger partial charge in [0.1, 0.15) is 18.0 Å². The van der Waals surface area contributed by atoms with Crippen molar-refractivity contribution in [2.24, 2.45) is 0 Å². The van der Waals surface area contributed by atoms with Crippen LogP contribution in [0.2, 0.25) is 0 Å². The van der Waals surface area contributed by atoms with Crippen LogP contribution in [0.1, 0.15) is 12.5 Å². The molecule has 0 radical (unpaired) electrons. The molecule has 160 valence electrons. The molecule has 0 aliphatic carbocycles. The highest BCUT2D eigenvalue weighted by molar-refractivity contribution is 7.86. The first kappa shape index (κ1) is 22.0. The first-order valence-corrected chi connectivity index (χ1v) is 10.7. The van der Waals surface area contributed by atoms with Crippen molar-refractivity contribution in [3.05, 3.63) is 66.2 Å². The summed E-state index contributed by atoms with van der Waals surface area (Å²) < 4.78 is 41.1. The molecule has 0 saturated heterocycles. The standard InChI is InChI=1S/C21H23NO7S/c1-14-3-9-18(10-4-14)30(25,26)27-13-20-19(24)11-12-21(29-20)28-17-7-5-16(6-8-17)22-15(2)23/h3-12,19-21,24H,13H2,1-2H3,(H,22,23)/t19-,20+,21-/m0/s1. The fraction of sp³-hybridized carbons (Fsp3) is 0.286. The maximum Gasteiger partial charge on any atom is 0.297 e. The van der Waals surface area contributed by atoms with Gasteiger partial charge < -0.3 is 19.9 Å². The molecule has 0 spiro atoms. The molecule has 2 N–H and O–H groups in total. The molecule has 9 heteroatoms. The zero-order valence-electron chi connectivity index (χ0n) is 16.5. The lowest BCUT2D eigenvalue weighted by atomic mass is 10.1. The van der Waals surface area contributed by atoms with Crippen LogP contribution in [0.25, 0.3) is 0 Å². The van der Waals surface area contributed by atoms with Gasteiger partial charge in [-0.2, -0.15) is 8.42 Å². The van der Waals surface area contributed by atoms with E-state index in [0.717, 1.165) is 5.56 Å². The fourth-order valence-corrected chi connectivity index (χ4v) is 3.63. The van der Waals surface area contributed by atoms with Crippen LogP contribution < -0.4 is 10.1 Å². The smallest absolute Gasteiger partial charge is 0.297 e. The monoisotopic (exact) mass is 433 g/mol. The van der Waals surface area contributed by atoms with Crippen LogP contribution in [0.3, 0.4) is 0 Å². The summed E-state index contributed by atoms with van der Waals surface area (Å²) in [4.78, 5) is 11.1. The van der Waals surface area contributed by atoms with Crippen LogP contribution in [-0.2, 0) is 23.8 Å². The number of carbonyl (C=O) groups excluding carboxylic acids is 1. The average Bonchev–Trinajstić information content (AvgIpc) is 2.70. The van der Waals surface area contributed by atoms with E-state index in [2.05, 4.69) is 5.32 Å². The first-order valence-electron chi connectivity index (χ1n) is 9.25. The molecule has 3 atom stereocenters. The number of rotatable bonds is 7. The number of benzene rings is 2. The van der Waals surface area contributed by atoms with E-state index in [9.17, 15) is 18.3 Å². The molecule has 8 nitrogen and oxygen atoms in total. The second kappa shape index (κ2) is 9.40. The molecule has 1 aliphatic heterocycles. The molecule has 0 fully saturated rings. The number of aliphatic hydroxyl groups is 1.